The van der Waals surface area contributed by atoms with Crippen molar-refractivity contribution in [2.45, 2.75) is 26.4 Å². The predicted molar refractivity (Wildman–Crippen MR) is 87.0 cm³/mol. The van der Waals surface area contributed by atoms with Gasteiger partial charge in [0, 0.05) is 26.2 Å². The Morgan fingerprint density at radius 3 is 2.36 bits per heavy atom. The number of methoxy groups -OCH3 is 1. The number of hydrogen-bond donors (Lipinski definition) is 0. The van der Waals surface area contributed by atoms with Gasteiger partial charge in [0.1, 0.15) is 11.4 Å². The summed E-state index contributed by atoms with van der Waals surface area (Å²) >= 11 is 0. The molecule has 0 aliphatic carbocycles. The van der Waals surface area contributed by atoms with Crippen LogP contribution in [0.15, 0.2) is 18.2 Å². The molecule has 1 saturated heterocycles. The van der Waals surface area contributed by atoms with Crippen LogP contribution in [0.5, 0.6) is 5.75 Å². The molecule has 1 aromatic carbocycles. The number of carbonyl (C=O) groups excluding carboxylic acids is 1. The zero-order valence-corrected chi connectivity index (χ0v) is 13.7. The first-order valence-corrected chi connectivity index (χ1v) is 7.42. The molecule has 1 amide bonds. The van der Waals surface area contributed by atoms with Crippen molar-refractivity contribution in [3.63, 3.8) is 0 Å². The summed E-state index contributed by atoms with van der Waals surface area (Å²) < 4.78 is 10.8. The van der Waals surface area contributed by atoms with Crippen LogP contribution in [-0.4, -0.2) is 49.9 Å². The third-order valence-corrected chi connectivity index (χ3v) is 3.45. The van der Waals surface area contributed by atoms with Gasteiger partial charge in [0.15, 0.2) is 0 Å². The fourth-order valence-corrected chi connectivity index (χ4v) is 2.39. The van der Waals surface area contributed by atoms with Crippen molar-refractivity contribution >= 4 is 17.5 Å². The number of nitrogens with one attached hydrogen (secondary N) is 1. The Kier molecular flexibility index (Phi) is 4.68. The van der Waals surface area contributed by atoms with E-state index >= 15 is 0 Å². The SMILES string of the molecule is COc1ccc([NH-])cc1N1CCN(C(=O)OC(C)(C)C)CC1. The molecule has 0 bridgehead atoms. The molecule has 0 spiro atoms. The lowest BCUT2D eigenvalue weighted by Crippen LogP contribution is -2.50. The second-order valence-corrected chi connectivity index (χ2v) is 6.34. The Bertz CT molecular complexity index is 532. The molecule has 0 aromatic heterocycles. The predicted octanol–water partition coefficient (Wildman–Crippen LogP) is 3.44. The average Bonchev–Trinajstić information content (AvgIpc) is 2.45. The molecule has 122 valence electrons. The summed E-state index contributed by atoms with van der Waals surface area (Å²) in [7, 11) is 1.62. The molecule has 1 N–H and O–H groups in total. The quantitative estimate of drug-likeness (QED) is 0.839. The van der Waals surface area contributed by atoms with Gasteiger partial charge in [-0.05, 0) is 26.8 Å². The monoisotopic (exact) mass is 306 g/mol. The smallest absolute Gasteiger partial charge is 0.410 e. The van der Waals surface area contributed by atoms with Crippen LogP contribution < -0.4 is 9.64 Å². The minimum atomic E-state index is -0.475. The molecule has 0 saturated carbocycles. The van der Waals surface area contributed by atoms with Gasteiger partial charge in [0.25, 0.3) is 0 Å². The van der Waals surface area contributed by atoms with Crippen LogP contribution in [0.2, 0.25) is 0 Å². The molecule has 1 fully saturated rings. The number of amides is 1. The number of benzene rings is 1. The molecular formula is C16H24N3O3-. The number of hydrogen-bond acceptors (Lipinski definition) is 4. The lowest BCUT2D eigenvalue weighted by atomic mass is 10.2. The van der Waals surface area contributed by atoms with Crippen molar-refractivity contribution in [3.05, 3.63) is 23.9 Å². The van der Waals surface area contributed by atoms with Gasteiger partial charge < -0.3 is 25.0 Å². The second-order valence-electron chi connectivity index (χ2n) is 6.34. The van der Waals surface area contributed by atoms with E-state index in [1.165, 1.54) is 0 Å². The maximum Gasteiger partial charge on any atom is 0.410 e. The number of nitrogens with zero attached hydrogens (tertiary/aromatic N) is 2. The van der Waals surface area contributed by atoms with Gasteiger partial charge in [0.05, 0.1) is 12.8 Å². The van der Waals surface area contributed by atoms with E-state index in [4.69, 9.17) is 15.2 Å². The molecule has 1 aromatic rings. The highest BCUT2D eigenvalue weighted by atomic mass is 16.6. The Morgan fingerprint density at radius 1 is 1.18 bits per heavy atom. The first-order chi connectivity index (χ1) is 10.3. The fourth-order valence-electron chi connectivity index (χ4n) is 2.39. The van der Waals surface area contributed by atoms with E-state index in [1.54, 1.807) is 30.2 Å². The van der Waals surface area contributed by atoms with E-state index in [0.717, 1.165) is 11.4 Å². The summed E-state index contributed by atoms with van der Waals surface area (Å²) in [6.07, 6.45) is -0.270. The van der Waals surface area contributed by atoms with Crippen molar-refractivity contribution in [1.29, 1.82) is 0 Å². The summed E-state index contributed by atoms with van der Waals surface area (Å²) in [6, 6.07) is 5.30. The van der Waals surface area contributed by atoms with E-state index in [-0.39, 0.29) is 6.09 Å². The van der Waals surface area contributed by atoms with Gasteiger partial charge in [-0.2, -0.15) is 0 Å². The summed E-state index contributed by atoms with van der Waals surface area (Å²) in [5.41, 5.74) is 8.64. The lowest BCUT2D eigenvalue weighted by Gasteiger charge is -2.37. The van der Waals surface area contributed by atoms with Gasteiger partial charge in [-0.15, -0.1) is 5.69 Å². The Balaban J connectivity index is 2.00. The average molecular weight is 306 g/mol. The molecule has 0 unspecified atom stereocenters. The molecule has 1 aliphatic rings. The highest BCUT2D eigenvalue weighted by molar-refractivity contribution is 5.70. The summed E-state index contributed by atoms with van der Waals surface area (Å²) in [6.45, 7) is 8.18. The maximum absolute atomic E-state index is 12.1. The minimum Gasteiger partial charge on any atom is -0.699 e. The Labute approximate surface area is 131 Å². The summed E-state index contributed by atoms with van der Waals surface area (Å²) in [4.78, 5) is 15.9. The van der Waals surface area contributed by atoms with Gasteiger partial charge >= 0.3 is 6.09 Å². The zero-order valence-electron chi connectivity index (χ0n) is 13.7. The van der Waals surface area contributed by atoms with Crippen LogP contribution in [0.25, 0.3) is 5.73 Å². The van der Waals surface area contributed by atoms with Crippen LogP contribution >= 0.6 is 0 Å². The van der Waals surface area contributed by atoms with Gasteiger partial charge in [-0.25, -0.2) is 4.79 Å². The van der Waals surface area contributed by atoms with E-state index in [1.807, 2.05) is 20.8 Å². The standard InChI is InChI=1S/C16H24N3O3/c1-16(2,3)22-15(20)19-9-7-18(8-10-19)13-11-12(17)5-6-14(13)21-4/h5-6,11,17H,7-10H2,1-4H3/q-1. The Hall–Kier alpha value is -2.11. The minimum absolute atomic E-state index is 0.270. The molecule has 6 nitrogen and oxygen atoms in total. The van der Waals surface area contributed by atoms with E-state index in [0.29, 0.717) is 31.9 Å². The third kappa shape index (κ3) is 3.96. The van der Waals surface area contributed by atoms with Gasteiger partial charge in [0.2, 0.25) is 0 Å². The number of rotatable bonds is 2. The highest BCUT2D eigenvalue weighted by Crippen LogP contribution is 2.32. The van der Waals surface area contributed by atoms with Crippen molar-refractivity contribution in [1.82, 2.24) is 4.90 Å². The molecule has 0 atom stereocenters. The number of anilines is 1. The molecular weight excluding hydrogens is 282 g/mol. The van der Waals surface area contributed by atoms with E-state index in [9.17, 15) is 4.79 Å². The number of carbonyl (C=O) groups is 1. The molecule has 0 radical (unpaired) electrons. The maximum atomic E-state index is 12.1. The number of piperazine rings is 1. The fraction of sp³-hybridized carbons (Fsp3) is 0.562. The van der Waals surface area contributed by atoms with Crippen molar-refractivity contribution in [2.75, 3.05) is 38.2 Å². The molecule has 1 heterocycles. The van der Waals surface area contributed by atoms with Gasteiger partial charge in [-0.3, -0.25) is 0 Å². The lowest BCUT2D eigenvalue weighted by molar-refractivity contribution is 0.0240. The topological polar surface area (TPSA) is 65.8 Å². The van der Waals surface area contributed by atoms with Crippen molar-refractivity contribution in [2.24, 2.45) is 0 Å². The normalized spacial score (nSPS) is 15.6. The molecule has 22 heavy (non-hydrogen) atoms. The molecule has 2 rings (SSSR count). The molecule has 6 heteroatoms. The zero-order chi connectivity index (χ0) is 16.3. The number of ether oxygens (including phenoxy) is 2. The van der Waals surface area contributed by atoms with Crippen molar-refractivity contribution in [3.8, 4) is 5.75 Å². The Morgan fingerprint density at radius 2 is 1.82 bits per heavy atom. The first-order valence-electron chi connectivity index (χ1n) is 7.42. The summed E-state index contributed by atoms with van der Waals surface area (Å²) in [5, 5.41) is 0. The van der Waals surface area contributed by atoms with Crippen molar-refractivity contribution < 1.29 is 14.3 Å². The first kappa shape index (κ1) is 16.3. The summed E-state index contributed by atoms with van der Waals surface area (Å²) in [5.74, 6) is 0.752. The second kappa shape index (κ2) is 6.34. The van der Waals surface area contributed by atoms with Gasteiger partial charge in [-0.1, -0.05) is 12.1 Å². The van der Waals surface area contributed by atoms with Crippen LogP contribution in [0.4, 0.5) is 16.2 Å². The third-order valence-electron chi connectivity index (χ3n) is 3.45. The highest BCUT2D eigenvalue weighted by Gasteiger charge is 2.26. The largest absolute Gasteiger partial charge is 0.699 e. The van der Waals surface area contributed by atoms with Crippen LogP contribution in [0.1, 0.15) is 20.8 Å². The van der Waals surface area contributed by atoms with Crippen LogP contribution in [0, 0.1) is 0 Å². The van der Waals surface area contributed by atoms with E-state index < -0.39 is 5.60 Å². The molecule has 1 aliphatic heterocycles. The van der Waals surface area contributed by atoms with E-state index in [2.05, 4.69) is 4.90 Å². The van der Waals surface area contributed by atoms with Crippen LogP contribution in [0.3, 0.4) is 0 Å². The van der Waals surface area contributed by atoms with Crippen LogP contribution in [-0.2, 0) is 4.74 Å².